The largest absolute Gasteiger partial charge is 0.464 e. The second-order valence-electron chi connectivity index (χ2n) is 7.17. The van der Waals surface area contributed by atoms with Crippen molar-refractivity contribution in [3.8, 4) is 0 Å². The van der Waals surface area contributed by atoms with Crippen LogP contribution in [0.2, 0.25) is 0 Å². The highest BCUT2D eigenvalue weighted by atomic mass is 19.4. The number of alkyl halides is 3. The standard InChI is InChI=1S/C22H22F3N3O4/c1-13-5-4-6-16(20(27-31-3)21(29)30-2)17(13)12-32-28-19(14-7-8-14)18-11-15(9-10-26-18)22(23,24)25/h4-6,9-11,14H,7-8,12H2,1-3H3/b27-20+,28-19+. The van der Waals surface area contributed by atoms with Crippen LogP contribution in [0.25, 0.3) is 0 Å². The van der Waals surface area contributed by atoms with E-state index in [9.17, 15) is 18.0 Å². The number of aromatic nitrogens is 1. The summed E-state index contributed by atoms with van der Waals surface area (Å²) in [5, 5.41) is 7.89. The number of ether oxygens (including phenoxy) is 1. The number of carbonyl (C=O) groups excluding carboxylic acids is 1. The maximum atomic E-state index is 13.1. The average molecular weight is 449 g/mol. The van der Waals surface area contributed by atoms with Gasteiger partial charge in [-0.25, -0.2) is 4.79 Å². The van der Waals surface area contributed by atoms with E-state index in [1.54, 1.807) is 12.1 Å². The third kappa shape index (κ3) is 5.43. The lowest BCUT2D eigenvalue weighted by molar-refractivity contribution is -0.137. The lowest BCUT2D eigenvalue weighted by atomic mass is 9.99. The fraction of sp³-hybridized carbons (Fsp3) is 0.364. The van der Waals surface area contributed by atoms with Crippen LogP contribution in [0.3, 0.4) is 0 Å². The summed E-state index contributed by atoms with van der Waals surface area (Å²) in [4.78, 5) is 26.5. The predicted octanol–water partition coefficient (Wildman–Crippen LogP) is 4.26. The molecule has 0 radical (unpaired) electrons. The molecule has 0 atom stereocenters. The van der Waals surface area contributed by atoms with Gasteiger partial charge in [-0.15, -0.1) is 0 Å². The van der Waals surface area contributed by atoms with Crippen LogP contribution in [-0.4, -0.2) is 36.6 Å². The second-order valence-corrected chi connectivity index (χ2v) is 7.17. The van der Waals surface area contributed by atoms with Crippen molar-refractivity contribution in [1.29, 1.82) is 0 Å². The Balaban J connectivity index is 1.89. The lowest BCUT2D eigenvalue weighted by Gasteiger charge is -2.13. The average Bonchev–Trinajstić information content (AvgIpc) is 3.60. The molecule has 32 heavy (non-hydrogen) atoms. The predicted molar refractivity (Wildman–Crippen MR) is 110 cm³/mol. The fourth-order valence-electron chi connectivity index (χ4n) is 3.10. The summed E-state index contributed by atoms with van der Waals surface area (Å²) in [6.07, 6.45) is -1.78. The number of halogens is 3. The molecule has 0 N–H and O–H groups in total. The van der Waals surface area contributed by atoms with Crippen molar-refractivity contribution in [1.82, 2.24) is 4.98 Å². The lowest BCUT2D eigenvalue weighted by Crippen LogP contribution is -2.20. The zero-order chi connectivity index (χ0) is 23.3. The normalized spacial score (nSPS) is 14.8. The van der Waals surface area contributed by atoms with Gasteiger partial charge in [0.25, 0.3) is 0 Å². The minimum Gasteiger partial charge on any atom is -0.464 e. The molecule has 1 aromatic heterocycles. The zero-order valence-corrected chi connectivity index (χ0v) is 17.8. The maximum Gasteiger partial charge on any atom is 0.416 e. The van der Waals surface area contributed by atoms with Crippen LogP contribution in [0.4, 0.5) is 13.2 Å². The van der Waals surface area contributed by atoms with E-state index in [-0.39, 0.29) is 23.9 Å². The van der Waals surface area contributed by atoms with Gasteiger partial charge in [0.05, 0.1) is 18.4 Å². The summed E-state index contributed by atoms with van der Waals surface area (Å²) in [6.45, 7) is 1.78. The maximum absolute atomic E-state index is 13.1. The Hall–Kier alpha value is -3.43. The van der Waals surface area contributed by atoms with E-state index in [0.29, 0.717) is 16.8 Å². The Morgan fingerprint density at radius 3 is 2.56 bits per heavy atom. The topological polar surface area (TPSA) is 82.4 Å². The molecule has 1 aliphatic carbocycles. The Morgan fingerprint density at radius 2 is 1.94 bits per heavy atom. The molecular formula is C22H22F3N3O4. The Morgan fingerprint density at radius 1 is 1.19 bits per heavy atom. The molecule has 2 aromatic rings. The molecule has 170 valence electrons. The summed E-state index contributed by atoms with van der Waals surface area (Å²) in [6, 6.07) is 7.12. The van der Waals surface area contributed by atoms with Crippen molar-refractivity contribution in [2.75, 3.05) is 14.2 Å². The van der Waals surface area contributed by atoms with E-state index in [1.165, 1.54) is 14.2 Å². The van der Waals surface area contributed by atoms with Gasteiger partial charge >= 0.3 is 12.1 Å². The molecule has 1 aliphatic rings. The molecule has 1 heterocycles. The van der Waals surface area contributed by atoms with Crippen molar-refractivity contribution in [3.63, 3.8) is 0 Å². The summed E-state index contributed by atoms with van der Waals surface area (Å²) >= 11 is 0. The van der Waals surface area contributed by atoms with Crippen LogP contribution in [0.1, 0.15) is 40.8 Å². The van der Waals surface area contributed by atoms with Crippen molar-refractivity contribution in [2.24, 2.45) is 16.2 Å². The number of hydrogen-bond acceptors (Lipinski definition) is 7. The zero-order valence-electron chi connectivity index (χ0n) is 17.8. The van der Waals surface area contributed by atoms with Gasteiger partial charge in [0.2, 0.25) is 0 Å². The Bertz CT molecular complexity index is 1050. The van der Waals surface area contributed by atoms with Crippen LogP contribution >= 0.6 is 0 Å². The quantitative estimate of drug-likeness (QED) is 0.342. The van der Waals surface area contributed by atoms with Gasteiger partial charge in [-0.3, -0.25) is 4.98 Å². The van der Waals surface area contributed by atoms with E-state index in [1.807, 2.05) is 13.0 Å². The van der Waals surface area contributed by atoms with Gasteiger partial charge in [-0.1, -0.05) is 28.5 Å². The third-order valence-electron chi connectivity index (χ3n) is 4.91. The second kappa shape index (κ2) is 9.80. The molecule has 1 aromatic carbocycles. The monoisotopic (exact) mass is 449 g/mol. The summed E-state index contributed by atoms with van der Waals surface area (Å²) in [7, 11) is 2.54. The van der Waals surface area contributed by atoms with E-state index in [4.69, 9.17) is 14.4 Å². The molecule has 0 amide bonds. The molecular weight excluding hydrogens is 427 g/mol. The van der Waals surface area contributed by atoms with Crippen LogP contribution in [0, 0.1) is 12.8 Å². The first kappa shape index (κ1) is 23.2. The van der Waals surface area contributed by atoms with E-state index in [0.717, 1.165) is 36.7 Å². The highest BCUT2D eigenvalue weighted by molar-refractivity contribution is 6.43. The molecule has 1 fully saturated rings. The number of nitrogens with zero attached hydrogens (tertiary/aromatic N) is 3. The number of oxime groups is 2. The number of methoxy groups -OCH3 is 1. The van der Waals surface area contributed by atoms with Crippen LogP contribution in [-0.2, 0) is 32.0 Å². The molecule has 0 saturated heterocycles. The number of rotatable bonds is 8. The van der Waals surface area contributed by atoms with E-state index >= 15 is 0 Å². The SMILES string of the molecule is CO/N=C(/C(=O)OC)c1cccc(C)c1CO/N=C(/c1cc(C(F)(F)F)ccn1)C1CC1. The van der Waals surface area contributed by atoms with Crippen molar-refractivity contribution in [3.05, 3.63) is 64.5 Å². The van der Waals surface area contributed by atoms with E-state index in [2.05, 4.69) is 15.3 Å². The first-order valence-electron chi connectivity index (χ1n) is 9.78. The minimum absolute atomic E-state index is 0.0111. The molecule has 7 nitrogen and oxygen atoms in total. The number of carbonyl (C=O) groups is 1. The number of esters is 1. The van der Waals surface area contributed by atoms with Crippen molar-refractivity contribution in [2.45, 2.75) is 32.5 Å². The van der Waals surface area contributed by atoms with Gasteiger partial charge in [0.15, 0.2) is 5.71 Å². The van der Waals surface area contributed by atoms with Gasteiger partial charge < -0.3 is 14.4 Å². The summed E-state index contributed by atoms with van der Waals surface area (Å²) in [5.41, 5.74) is 1.52. The Kier molecular flexibility index (Phi) is 7.12. The van der Waals surface area contributed by atoms with Crippen molar-refractivity contribution < 1.29 is 32.4 Å². The third-order valence-corrected chi connectivity index (χ3v) is 4.91. The van der Waals surface area contributed by atoms with Gasteiger partial charge in [-0.05, 0) is 37.5 Å². The molecule has 0 unspecified atom stereocenters. The summed E-state index contributed by atoms with van der Waals surface area (Å²) in [5.74, 6) is -0.697. The van der Waals surface area contributed by atoms with Crippen LogP contribution in [0.5, 0.6) is 0 Å². The fourth-order valence-corrected chi connectivity index (χ4v) is 3.10. The van der Waals surface area contributed by atoms with Crippen LogP contribution in [0.15, 0.2) is 46.8 Å². The molecule has 3 rings (SSSR count). The highest BCUT2D eigenvalue weighted by Crippen LogP contribution is 2.35. The van der Waals surface area contributed by atoms with Crippen LogP contribution < -0.4 is 0 Å². The molecule has 0 aliphatic heterocycles. The van der Waals surface area contributed by atoms with Gasteiger partial charge in [0, 0.05) is 23.2 Å². The minimum atomic E-state index is -4.48. The number of aryl methyl sites for hydroxylation is 1. The van der Waals surface area contributed by atoms with Gasteiger partial charge in [-0.2, -0.15) is 13.2 Å². The smallest absolute Gasteiger partial charge is 0.416 e. The molecule has 1 saturated carbocycles. The molecule has 0 spiro atoms. The molecule has 0 bridgehead atoms. The number of benzene rings is 1. The van der Waals surface area contributed by atoms with Gasteiger partial charge in [0.1, 0.15) is 19.4 Å². The van der Waals surface area contributed by atoms with E-state index < -0.39 is 17.7 Å². The summed E-state index contributed by atoms with van der Waals surface area (Å²) < 4.78 is 44.0. The molecule has 10 heteroatoms. The Labute approximate surface area is 182 Å². The first-order chi connectivity index (χ1) is 15.3. The highest BCUT2D eigenvalue weighted by Gasteiger charge is 2.34. The number of pyridine rings is 1. The first-order valence-corrected chi connectivity index (χ1v) is 9.78. The number of hydrogen-bond donors (Lipinski definition) is 0. The van der Waals surface area contributed by atoms with Crippen molar-refractivity contribution >= 4 is 17.4 Å².